The summed E-state index contributed by atoms with van der Waals surface area (Å²) in [5.41, 5.74) is 5.29. The predicted octanol–water partition coefficient (Wildman–Crippen LogP) is 0.265. The Labute approximate surface area is 137 Å². The third kappa shape index (κ3) is 4.01. The fraction of sp³-hybridized carbons (Fsp3) is 0.533. The zero-order valence-corrected chi connectivity index (χ0v) is 14.3. The second-order valence-corrected chi connectivity index (χ2v) is 7.36. The minimum atomic E-state index is -3.53. The lowest BCUT2D eigenvalue weighted by molar-refractivity contribution is -0.123. The molecule has 2 rings (SSSR count). The van der Waals surface area contributed by atoms with E-state index in [-0.39, 0.29) is 10.9 Å². The molecule has 128 valence electrons. The third-order valence-electron chi connectivity index (χ3n) is 4.01. The molecule has 1 aliphatic rings. The van der Waals surface area contributed by atoms with E-state index in [1.54, 1.807) is 31.2 Å². The Bertz CT molecular complexity index is 637. The molecule has 0 unspecified atom stereocenters. The van der Waals surface area contributed by atoms with Gasteiger partial charge in [0.15, 0.2) is 0 Å². The normalized spacial score (nSPS) is 18.5. The van der Waals surface area contributed by atoms with Gasteiger partial charge < -0.3 is 10.5 Å². The summed E-state index contributed by atoms with van der Waals surface area (Å²) in [5.74, 6) is 0.249. The minimum Gasteiger partial charge on any atom is -0.494 e. The summed E-state index contributed by atoms with van der Waals surface area (Å²) in [6.45, 7) is 5.79. The molecule has 1 atom stereocenters. The third-order valence-corrected chi connectivity index (χ3v) is 5.92. The molecule has 0 radical (unpaired) electrons. The predicted molar refractivity (Wildman–Crippen MR) is 86.6 cm³/mol. The Balaban J connectivity index is 2.05. The van der Waals surface area contributed by atoms with Crippen molar-refractivity contribution >= 4 is 15.9 Å². The smallest absolute Gasteiger partial charge is 0.243 e. The van der Waals surface area contributed by atoms with E-state index >= 15 is 0 Å². The summed E-state index contributed by atoms with van der Waals surface area (Å²) >= 11 is 0. The second kappa shape index (κ2) is 7.29. The first-order valence-electron chi connectivity index (χ1n) is 7.62. The first kappa shape index (κ1) is 17.7. The Morgan fingerprint density at radius 2 is 1.78 bits per heavy atom. The van der Waals surface area contributed by atoms with Gasteiger partial charge in [0.1, 0.15) is 5.75 Å². The lowest BCUT2D eigenvalue weighted by atomic mass is 10.2. The fourth-order valence-electron chi connectivity index (χ4n) is 2.53. The molecule has 1 fully saturated rings. The molecule has 1 saturated heterocycles. The van der Waals surface area contributed by atoms with Gasteiger partial charge in [-0.3, -0.25) is 9.69 Å². The van der Waals surface area contributed by atoms with E-state index < -0.39 is 15.9 Å². The highest BCUT2D eigenvalue weighted by Gasteiger charge is 2.31. The van der Waals surface area contributed by atoms with Gasteiger partial charge in [0.25, 0.3) is 0 Å². The number of amides is 1. The fourth-order valence-corrected chi connectivity index (χ4v) is 3.96. The highest BCUT2D eigenvalue weighted by molar-refractivity contribution is 7.89. The Kier molecular flexibility index (Phi) is 5.61. The van der Waals surface area contributed by atoms with Gasteiger partial charge in [0.05, 0.1) is 17.5 Å². The van der Waals surface area contributed by atoms with Crippen molar-refractivity contribution in [3.8, 4) is 5.75 Å². The molecule has 7 nitrogen and oxygen atoms in total. The van der Waals surface area contributed by atoms with Crippen LogP contribution >= 0.6 is 0 Å². The van der Waals surface area contributed by atoms with E-state index in [0.717, 1.165) is 0 Å². The van der Waals surface area contributed by atoms with Gasteiger partial charge in [-0.25, -0.2) is 8.42 Å². The summed E-state index contributed by atoms with van der Waals surface area (Å²) in [7, 11) is -3.53. The number of nitrogens with two attached hydrogens (primary N) is 1. The molecular weight excluding hydrogens is 318 g/mol. The van der Waals surface area contributed by atoms with Crippen LogP contribution in [0.25, 0.3) is 0 Å². The summed E-state index contributed by atoms with van der Waals surface area (Å²) in [6, 6.07) is 6.03. The molecule has 1 heterocycles. The minimum absolute atomic E-state index is 0.248. The van der Waals surface area contributed by atoms with E-state index in [1.807, 2.05) is 11.8 Å². The van der Waals surface area contributed by atoms with E-state index in [2.05, 4.69) is 0 Å². The van der Waals surface area contributed by atoms with Gasteiger partial charge in [0, 0.05) is 26.2 Å². The molecule has 2 N–H and O–H groups in total. The van der Waals surface area contributed by atoms with Gasteiger partial charge >= 0.3 is 0 Å². The molecule has 23 heavy (non-hydrogen) atoms. The number of nitrogens with zero attached hydrogens (tertiary/aromatic N) is 2. The zero-order chi connectivity index (χ0) is 17.0. The summed E-state index contributed by atoms with van der Waals surface area (Å²) in [5, 5.41) is 0. The standard InChI is InChI=1S/C15H23N3O4S/c1-3-22-13-4-6-14(7-5-13)23(20,21)18-10-8-17(9-11-18)12(2)15(16)19/h4-7,12H,3,8-11H2,1-2H3,(H2,16,19)/t12-/m1/s1. The molecule has 1 aromatic carbocycles. The van der Waals surface area contributed by atoms with Crippen molar-refractivity contribution in [1.82, 2.24) is 9.21 Å². The SMILES string of the molecule is CCOc1ccc(S(=O)(=O)N2CCN([C@H](C)C(N)=O)CC2)cc1. The molecular formula is C15H23N3O4S. The Morgan fingerprint density at radius 3 is 2.26 bits per heavy atom. The number of sulfonamides is 1. The van der Waals surface area contributed by atoms with Crippen molar-refractivity contribution < 1.29 is 17.9 Å². The van der Waals surface area contributed by atoms with E-state index in [9.17, 15) is 13.2 Å². The molecule has 1 amide bonds. The van der Waals surface area contributed by atoms with Gasteiger partial charge in [-0.2, -0.15) is 4.31 Å². The number of piperazine rings is 1. The quantitative estimate of drug-likeness (QED) is 0.801. The number of benzene rings is 1. The van der Waals surface area contributed by atoms with Gasteiger partial charge in [-0.05, 0) is 38.1 Å². The van der Waals surface area contributed by atoms with Crippen LogP contribution in [0, 0.1) is 0 Å². The summed E-state index contributed by atoms with van der Waals surface area (Å²) < 4.78 is 32.0. The summed E-state index contributed by atoms with van der Waals surface area (Å²) in [4.78, 5) is 13.4. The summed E-state index contributed by atoms with van der Waals surface area (Å²) in [6.07, 6.45) is 0. The van der Waals surface area contributed by atoms with E-state index in [1.165, 1.54) is 4.31 Å². The molecule has 0 bridgehead atoms. The molecule has 0 aliphatic carbocycles. The van der Waals surface area contributed by atoms with Crippen LogP contribution in [-0.4, -0.2) is 62.4 Å². The van der Waals surface area contributed by atoms with E-state index in [0.29, 0.717) is 38.5 Å². The monoisotopic (exact) mass is 341 g/mol. The largest absolute Gasteiger partial charge is 0.494 e. The van der Waals surface area contributed by atoms with Crippen LogP contribution in [0.1, 0.15) is 13.8 Å². The van der Waals surface area contributed by atoms with Crippen molar-refractivity contribution in [2.45, 2.75) is 24.8 Å². The molecule has 0 aromatic heterocycles. The first-order valence-corrected chi connectivity index (χ1v) is 9.06. The van der Waals surface area contributed by atoms with Crippen LogP contribution in [-0.2, 0) is 14.8 Å². The number of hydrogen-bond donors (Lipinski definition) is 1. The zero-order valence-electron chi connectivity index (χ0n) is 13.4. The van der Waals surface area contributed by atoms with Crippen molar-refractivity contribution in [1.29, 1.82) is 0 Å². The highest BCUT2D eigenvalue weighted by atomic mass is 32.2. The molecule has 8 heteroatoms. The van der Waals surface area contributed by atoms with Crippen LogP contribution in [0.2, 0.25) is 0 Å². The Hall–Kier alpha value is -1.64. The lowest BCUT2D eigenvalue weighted by Gasteiger charge is -2.36. The lowest BCUT2D eigenvalue weighted by Crippen LogP contribution is -2.54. The first-order chi connectivity index (χ1) is 10.9. The van der Waals surface area contributed by atoms with Gasteiger partial charge in [-0.15, -0.1) is 0 Å². The average molecular weight is 341 g/mol. The van der Waals surface area contributed by atoms with Crippen LogP contribution in [0.15, 0.2) is 29.2 Å². The molecule has 0 spiro atoms. The van der Waals surface area contributed by atoms with Crippen LogP contribution in [0.5, 0.6) is 5.75 Å². The van der Waals surface area contributed by atoms with Crippen LogP contribution in [0.4, 0.5) is 0 Å². The van der Waals surface area contributed by atoms with Gasteiger partial charge in [0.2, 0.25) is 15.9 Å². The number of carbonyl (C=O) groups is 1. The van der Waals surface area contributed by atoms with Crippen LogP contribution in [0.3, 0.4) is 0 Å². The average Bonchev–Trinajstić information content (AvgIpc) is 2.55. The number of ether oxygens (including phenoxy) is 1. The number of hydrogen-bond acceptors (Lipinski definition) is 5. The maximum absolute atomic E-state index is 12.6. The van der Waals surface area contributed by atoms with Gasteiger partial charge in [-0.1, -0.05) is 0 Å². The van der Waals surface area contributed by atoms with Crippen molar-refractivity contribution in [3.05, 3.63) is 24.3 Å². The highest BCUT2D eigenvalue weighted by Crippen LogP contribution is 2.21. The maximum atomic E-state index is 12.6. The number of primary amides is 1. The van der Waals surface area contributed by atoms with Crippen LogP contribution < -0.4 is 10.5 Å². The van der Waals surface area contributed by atoms with Crippen molar-refractivity contribution in [2.24, 2.45) is 5.73 Å². The second-order valence-electron chi connectivity index (χ2n) is 5.42. The molecule has 1 aliphatic heterocycles. The molecule has 0 saturated carbocycles. The number of carbonyl (C=O) groups excluding carboxylic acids is 1. The van der Waals surface area contributed by atoms with Crippen molar-refractivity contribution in [2.75, 3.05) is 32.8 Å². The maximum Gasteiger partial charge on any atom is 0.243 e. The topological polar surface area (TPSA) is 92.9 Å². The number of rotatable bonds is 6. The molecule has 1 aromatic rings. The van der Waals surface area contributed by atoms with Crippen molar-refractivity contribution in [3.63, 3.8) is 0 Å². The van der Waals surface area contributed by atoms with E-state index in [4.69, 9.17) is 10.5 Å². The Morgan fingerprint density at radius 1 is 1.22 bits per heavy atom.